The molecule has 0 saturated carbocycles. The highest BCUT2D eigenvalue weighted by atomic mass is 16.3. The third-order valence-electron chi connectivity index (χ3n) is 2.48. The molecule has 1 amide bonds. The van der Waals surface area contributed by atoms with Crippen LogP contribution < -0.4 is 5.32 Å². The molecule has 0 bridgehead atoms. The molecule has 1 aromatic rings. The van der Waals surface area contributed by atoms with Gasteiger partial charge in [-0.25, -0.2) is 0 Å². The van der Waals surface area contributed by atoms with Crippen LogP contribution in [0, 0.1) is 0 Å². The van der Waals surface area contributed by atoms with Gasteiger partial charge in [-0.2, -0.15) is 0 Å². The number of nitrogens with one attached hydrogen (secondary N) is 1. The number of aldehydes is 1. The van der Waals surface area contributed by atoms with Crippen molar-refractivity contribution in [1.82, 2.24) is 5.32 Å². The standard InChI is InChI=1S/C13H17NO3/c1-10(16)12(9-15)14-13(17)8-7-11-5-3-2-4-6-11/h2-6,9-10,12,16H,7-8H2,1H3,(H,14,17)/t10-,12-/m0/s1. The summed E-state index contributed by atoms with van der Waals surface area (Å²) in [4.78, 5) is 22.1. The van der Waals surface area contributed by atoms with Crippen molar-refractivity contribution in [3.05, 3.63) is 35.9 Å². The zero-order valence-corrected chi connectivity index (χ0v) is 9.80. The number of rotatable bonds is 6. The summed E-state index contributed by atoms with van der Waals surface area (Å²) in [6.45, 7) is 1.47. The summed E-state index contributed by atoms with van der Waals surface area (Å²) >= 11 is 0. The molecule has 0 unspecified atom stereocenters. The lowest BCUT2D eigenvalue weighted by molar-refractivity contribution is -0.125. The summed E-state index contributed by atoms with van der Waals surface area (Å²) in [5, 5.41) is 11.7. The minimum absolute atomic E-state index is 0.230. The maximum Gasteiger partial charge on any atom is 0.220 e. The maximum atomic E-state index is 11.5. The Hall–Kier alpha value is -1.68. The third kappa shape index (κ3) is 4.78. The molecule has 0 fully saturated rings. The van der Waals surface area contributed by atoms with Gasteiger partial charge in [0.25, 0.3) is 0 Å². The lowest BCUT2D eigenvalue weighted by atomic mass is 10.1. The minimum atomic E-state index is -0.867. The zero-order valence-electron chi connectivity index (χ0n) is 9.80. The Bertz CT molecular complexity index is 362. The molecule has 0 aliphatic heterocycles. The Labute approximate surface area is 101 Å². The van der Waals surface area contributed by atoms with Crippen molar-refractivity contribution in [3.8, 4) is 0 Å². The molecule has 4 heteroatoms. The Balaban J connectivity index is 2.37. The van der Waals surface area contributed by atoms with Crippen molar-refractivity contribution in [2.45, 2.75) is 31.9 Å². The molecule has 0 aromatic heterocycles. The van der Waals surface area contributed by atoms with Crippen LogP contribution in [0.5, 0.6) is 0 Å². The predicted molar refractivity (Wildman–Crippen MR) is 64.4 cm³/mol. The van der Waals surface area contributed by atoms with Crippen LogP contribution in [0.1, 0.15) is 18.9 Å². The lowest BCUT2D eigenvalue weighted by Gasteiger charge is -2.15. The summed E-state index contributed by atoms with van der Waals surface area (Å²) in [6, 6.07) is 8.81. The van der Waals surface area contributed by atoms with E-state index in [0.29, 0.717) is 19.1 Å². The highest BCUT2D eigenvalue weighted by Gasteiger charge is 2.15. The summed E-state index contributed by atoms with van der Waals surface area (Å²) in [7, 11) is 0. The van der Waals surface area contributed by atoms with Crippen LogP contribution in [0.4, 0.5) is 0 Å². The van der Waals surface area contributed by atoms with Gasteiger partial charge < -0.3 is 15.2 Å². The summed E-state index contributed by atoms with van der Waals surface area (Å²) in [6.07, 6.45) is 0.609. The first kappa shape index (κ1) is 13.4. The van der Waals surface area contributed by atoms with E-state index in [-0.39, 0.29) is 5.91 Å². The van der Waals surface area contributed by atoms with E-state index in [1.807, 2.05) is 30.3 Å². The predicted octanol–water partition coefficient (Wildman–Crippen LogP) is 0.684. The van der Waals surface area contributed by atoms with Gasteiger partial charge in [0, 0.05) is 6.42 Å². The molecule has 0 saturated heterocycles. The van der Waals surface area contributed by atoms with Crippen molar-refractivity contribution in [3.63, 3.8) is 0 Å². The normalized spacial score (nSPS) is 13.8. The van der Waals surface area contributed by atoms with Gasteiger partial charge in [0.15, 0.2) is 0 Å². The first-order valence-corrected chi connectivity index (χ1v) is 5.60. The van der Waals surface area contributed by atoms with Crippen molar-refractivity contribution >= 4 is 12.2 Å². The highest BCUT2D eigenvalue weighted by Crippen LogP contribution is 2.02. The van der Waals surface area contributed by atoms with E-state index >= 15 is 0 Å². The smallest absolute Gasteiger partial charge is 0.220 e. The van der Waals surface area contributed by atoms with Crippen molar-refractivity contribution in [2.24, 2.45) is 0 Å². The number of aliphatic hydroxyl groups is 1. The molecular weight excluding hydrogens is 218 g/mol. The second kappa shape index (κ2) is 6.81. The number of carbonyl (C=O) groups excluding carboxylic acids is 2. The van der Waals surface area contributed by atoms with Gasteiger partial charge in [-0.3, -0.25) is 4.79 Å². The first-order valence-electron chi connectivity index (χ1n) is 5.60. The number of aliphatic hydroxyl groups excluding tert-OH is 1. The first-order chi connectivity index (χ1) is 8.13. The fourth-order valence-electron chi connectivity index (χ4n) is 1.43. The molecule has 2 N–H and O–H groups in total. The van der Waals surface area contributed by atoms with Gasteiger partial charge in [-0.05, 0) is 18.9 Å². The molecule has 0 spiro atoms. The number of carbonyl (C=O) groups is 2. The van der Waals surface area contributed by atoms with Crippen molar-refractivity contribution in [2.75, 3.05) is 0 Å². The van der Waals surface area contributed by atoms with E-state index in [2.05, 4.69) is 5.32 Å². The topological polar surface area (TPSA) is 66.4 Å². The summed E-state index contributed by atoms with van der Waals surface area (Å²) < 4.78 is 0. The molecule has 92 valence electrons. The number of aryl methyl sites for hydroxylation is 1. The van der Waals surface area contributed by atoms with Crippen LogP contribution in [0.3, 0.4) is 0 Å². The van der Waals surface area contributed by atoms with E-state index in [4.69, 9.17) is 0 Å². The largest absolute Gasteiger partial charge is 0.391 e. The molecule has 2 atom stereocenters. The average molecular weight is 235 g/mol. The summed E-state index contributed by atoms with van der Waals surface area (Å²) in [5.74, 6) is -0.230. The molecule has 0 radical (unpaired) electrons. The molecule has 4 nitrogen and oxygen atoms in total. The van der Waals surface area contributed by atoms with E-state index in [1.165, 1.54) is 6.92 Å². The third-order valence-corrected chi connectivity index (χ3v) is 2.48. The van der Waals surface area contributed by atoms with Gasteiger partial charge in [0.05, 0.1) is 6.10 Å². The van der Waals surface area contributed by atoms with Gasteiger partial charge in [-0.1, -0.05) is 30.3 Å². The Morgan fingerprint density at radius 1 is 1.41 bits per heavy atom. The number of hydrogen-bond acceptors (Lipinski definition) is 3. The highest BCUT2D eigenvalue weighted by molar-refractivity contribution is 5.80. The van der Waals surface area contributed by atoms with Crippen molar-refractivity contribution < 1.29 is 14.7 Å². The van der Waals surface area contributed by atoms with Crippen LogP contribution in [0.25, 0.3) is 0 Å². The molecule has 17 heavy (non-hydrogen) atoms. The Morgan fingerprint density at radius 2 is 2.06 bits per heavy atom. The quantitative estimate of drug-likeness (QED) is 0.713. The molecule has 0 aliphatic carbocycles. The van der Waals surface area contributed by atoms with Crippen LogP contribution in [0.15, 0.2) is 30.3 Å². The maximum absolute atomic E-state index is 11.5. The minimum Gasteiger partial charge on any atom is -0.391 e. The zero-order chi connectivity index (χ0) is 12.7. The Kier molecular flexibility index (Phi) is 5.36. The number of hydrogen-bond donors (Lipinski definition) is 2. The fourth-order valence-corrected chi connectivity index (χ4v) is 1.43. The van der Waals surface area contributed by atoms with Crippen LogP contribution in [0.2, 0.25) is 0 Å². The fraction of sp³-hybridized carbons (Fsp3) is 0.385. The van der Waals surface area contributed by atoms with Crippen LogP contribution in [-0.2, 0) is 16.0 Å². The molecular formula is C13H17NO3. The van der Waals surface area contributed by atoms with Gasteiger partial charge in [-0.15, -0.1) is 0 Å². The SMILES string of the molecule is C[C@H](O)[C@H](C=O)NC(=O)CCc1ccccc1. The second-order valence-corrected chi connectivity index (χ2v) is 3.96. The second-order valence-electron chi connectivity index (χ2n) is 3.96. The summed E-state index contributed by atoms with van der Waals surface area (Å²) in [5.41, 5.74) is 1.07. The molecule has 1 aromatic carbocycles. The van der Waals surface area contributed by atoms with Crippen molar-refractivity contribution in [1.29, 1.82) is 0 Å². The van der Waals surface area contributed by atoms with E-state index in [1.54, 1.807) is 0 Å². The number of amides is 1. The van der Waals surface area contributed by atoms with E-state index in [0.717, 1.165) is 5.56 Å². The van der Waals surface area contributed by atoms with Crippen LogP contribution >= 0.6 is 0 Å². The van der Waals surface area contributed by atoms with E-state index < -0.39 is 12.1 Å². The molecule has 0 aliphatic rings. The molecule has 0 heterocycles. The number of benzene rings is 1. The van der Waals surface area contributed by atoms with Gasteiger partial charge >= 0.3 is 0 Å². The average Bonchev–Trinajstić information content (AvgIpc) is 2.34. The lowest BCUT2D eigenvalue weighted by Crippen LogP contribution is -2.43. The monoisotopic (exact) mass is 235 g/mol. The Morgan fingerprint density at radius 3 is 2.59 bits per heavy atom. The van der Waals surface area contributed by atoms with E-state index in [9.17, 15) is 14.7 Å². The van der Waals surface area contributed by atoms with Gasteiger partial charge in [0.1, 0.15) is 12.3 Å². The van der Waals surface area contributed by atoms with Crippen LogP contribution in [-0.4, -0.2) is 29.4 Å². The molecule has 1 rings (SSSR count). The van der Waals surface area contributed by atoms with Gasteiger partial charge in [0.2, 0.25) is 5.91 Å².